The third-order valence-electron chi connectivity index (χ3n) is 3.00. The van der Waals surface area contributed by atoms with Crippen LogP contribution in [0.15, 0.2) is 0 Å². The minimum atomic E-state index is -1.25. The number of carbonyl (C=O) groups excluding carboxylic acids is 1. The largest absolute Gasteiger partial charge is 0.480 e. The average Bonchev–Trinajstić information content (AvgIpc) is 2.78. The molecule has 0 aliphatic carbocycles. The van der Waals surface area contributed by atoms with Gasteiger partial charge in [0.1, 0.15) is 10.4 Å². The van der Waals surface area contributed by atoms with Gasteiger partial charge < -0.3 is 10.0 Å². The molecule has 0 aliphatic heterocycles. The quantitative estimate of drug-likeness (QED) is 0.862. The number of nitrogens with zero attached hydrogens (tertiary/aromatic N) is 3. The number of rotatable bonds is 6. The SMILES string of the molecule is CCCc1nnsc1C(=O)N(CC)C(C)(C)C(=O)O. The molecule has 0 bridgehead atoms. The summed E-state index contributed by atoms with van der Waals surface area (Å²) in [4.78, 5) is 25.5. The highest BCUT2D eigenvalue weighted by atomic mass is 32.1. The number of carboxylic acid groups (broad SMARTS) is 1. The Labute approximate surface area is 116 Å². The molecule has 19 heavy (non-hydrogen) atoms. The van der Waals surface area contributed by atoms with Crippen molar-refractivity contribution in [3.8, 4) is 0 Å². The van der Waals surface area contributed by atoms with Crippen LogP contribution in [0.1, 0.15) is 49.5 Å². The van der Waals surface area contributed by atoms with Gasteiger partial charge in [0.15, 0.2) is 0 Å². The fourth-order valence-corrected chi connectivity index (χ4v) is 2.46. The summed E-state index contributed by atoms with van der Waals surface area (Å²) in [6, 6.07) is 0. The molecule has 0 fully saturated rings. The molecular formula is C12H19N3O3S. The van der Waals surface area contributed by atoms with E-state index in [-0.39, 0.29) is 5.91 Å². The van der Waals surface area contributed by atoms with Crippen molar-refractivity contribution in [1.29, 1.82) is 0 Å². The summed E-state index contributed by atoms with van der Waals surface area (Å²) in [5.41, 5.74) is -0.601. The standard InChI is InChI=1S/C12H19N3O3S/c1-5-7-8-9(19-14-13-8)10(16)15(6-2)12(3,4)11(17)18/h5-7H2,1-4H3,(H,17,18). The Bertz CT molecular complexity index is 471. The van der Waals surface area contributed by atoms with E-state index in [0.717, 1.165) is 18.0 Å². The number of hydrogen-bond donors (Lipinski definition) is 1. The van der Waals surface area contributed by atoms with Gasteiger partial charge in [0, 0.05) is 6.54 Å². The van der Waals surface area contributed by atoms with Crippen molar-refractivity contribution in [2.45, 2.75) is 46.1 Å². The van der Waals surface area contributed by atoms with Gasteiger partial charge in [-0.25, -0.2) is 4.79 Å². The first-order valence-corrected chi connectivity index (χ1v) is 7.00. The summed E-state index contributed by atoms with van der Waals surface area (Å²) in [5, 5.41) is 13.2. The Morgan fingerprint density at radius 1 is 1.37 bits per heavy atom. The molecule has 1 N–H and O–H groups in total. The van der Waals surface area contributed by atoms with Crippen molar-refractivity contribution >= 4 is 23.4 Å². The highest BCUT2D eigenvalue weighted by Gasteiger charge is 2.38. The topological polar surface area (TPSA) is 83.4 Å². The molecule has 0 aliphatic rings. The smallest absolute Gasteiger partial charge is 0.329 e. The van der Waals surface area contributed by atoms with Crippen LogP contribution in [0.3, 0.4) is 0 Å². The molecule has 1 heterocycles. The maximum Gasteiger partial charge on any atom is 0.329 e. The zero-order chi connectivity index (χ0) is 14.6. The molecule has 0 atom stereocenters. The van der Waals surface area contributed by atoms with Crippen molar-refractivity contribution in [3.63, 3.8) is 0 Å². The van der Waals surface area contributed by atoms with E-state index in [1.165, 1.54) is 18.7 Å². The van der Waals surface area contributed by atoms with E-state index in [1.54, 1.807) is 6.92 Å². The minimum absolute atomic E-state index is 0.312. The van der Waals surface area contributed by atoms with Gasteiger partial charge in [-0.2, -0.15) is 0 Å². The first-order valence-electron chi connectivity index (χ1n) is 6.22. The molecular weight excluding hydrogens is 266 g/mol. The Kier molecular flexibility index (Phi) is 4.99. The summed E-state index contributed by atoms with van der Waals surface area (Å²) in [6.07, 6.45) is 1.53. The fraction of sp³-hybridized carbons (Fsp3) is 0.667. The molecule has 6 nitrogen and oxygen atoms in total. The van der Waals surface area contributed by atoms with Crippen LogP contribution in [0, 0.1) is 0 Å². The zero-order valence-corrected chi connectivity index (χ0v) is 12.5. The number of carbonyl (C=O) groups is 2. The lowest BCUT2D eigenvalue weighted by molar-refractivity contribution is -0.147. The summed E-state index contributed by atoms with van der Waals surface area (Å²) < 4.78 is 3.80. The predicted octanol–water partition coefficient (Wildman–Crippen LogP) is 1.82. The highest BCUT2D eigenvalue weighted by molar-refractivity contribution is 7.08. The van der Waals surface area contributed by atoms with Gasteiger partial charge in [-0.05, 0) is 38.7 Å². The third-order valence-corrected chi connectivity index (χ3v) is 3.75. The van der Waals surface area contributed by atoms with Gasteiger partial charge in [-0.1, -0.05) is 17.8 Å². The van der Waals surface area contributed by atoms with Crippen molar-refractivity contribution < 1.29 is 14.7 Å². The van der Waals surface area contributed by atoms with Crippen LogP contribution in [0.2, 0.25) is 0 Å². The molecule has 0 radical (unpaired) electrons. The Morgan fingerprint density at radius 2 is 2.00 bits per heavy atom. The number of aliphatic carboxylic acids is 1. The van der Waals surface area contributed by atoms with E-state index in [1.807, 2.05) is 6.92 Å². The molecule has 106 valence electrons. The summed E-state index contributed by atoms with van der Waals surface area (Å²) in [6.45, 7) is 7.11. The fourth-order valence-electron chi connectivity index (χ4n) is 1.80. The van der Waals surface area contributed by atoms with Crippen molar-refractivity contribution in [3.05, 3.63) is 10.6 Å². The summed E-state index contributed by atoms with van der Waals surface area (Å²) in [7, 11) is 0. The number of aromatic nitrogens is 2. The van der Waals surface area contributed by atoms with Gasteiger partial charge in [0.05, 0.1) is 5.69 Å². The van der Waals surface area contributed by atoms with Gasteiger partial charge >= 0.3 is 5.97 Å². The lowest BCUT2D eigenvalue weighted by Crippen LogP contribution is -2.52. The first kappa shape index (κ1) is 15.6. The number of likely N-dealkylation sites (N-methyl/N-ethyl adjacent to an activating group) is 1. The van der Waals surface area contributed by atoms with Crippen LogP contribution in [0.25, 0.3) is 0 Å². The normalized spacial score (nSPS) is 11.4. The summed E-state index contributed by atoms with van der Waals surface area (Å²) in [5.74, 6) is -1.34. The molecule has 1 rings (SSSR count). The van der Waals surface area contributed by atoms with E-state index in [0.29, 0.717) is 23.5 Å². The van der Waals surface area contributed by atoms with Gasteiger partial charge in [0.25, 0.3) is 5.91 Å². The predicted molar refractivity (Wildman–Crippen MR) is 72.3 cm³/mol. The van der Waals surface area contributed by atoms with Crippen molar-refractivity contribution in [1.82, 2.24) is 14.5 Å². The molecule has 1 aromatic rings. The van der Waals surface area contributed by atoms with Crippen molar-refractivity contribution in [2.75, 3.05) is 6.54 Å². The second-order valence-electron chi connectivity index (χ2n) is 4.71. The lowest BCUT2D eigenvalue weighted by atomic mass is 10.0. The third kappa shape index (κ3) is 3.09. The van der Waals surface area contributed by atoms with Crippen LogP contribution in [-0.4, -0.2) is 43.6 Å². The first-order chi connectivity index (χ1) is 8.86. The van der Waals surface area contributed by atoms with Crippen LogP contribution in [0.4, 0.5) is 0 Å². The van der Waals surface area contributed by atoms with Gasteiger partial charge in [-0.3, -0.25) is 4.79 Å². The molecule has 7 heteroatoms. The van der Waals surface area contributed by atoms with Crippen molar-refractivity contribution in [2.24, 2.45) is 0 Å². The maximum absolute atomic E-state index is 12.5. The minimum Gasteiger partial charge on any atom is -0.480 e. The van der Waals surface area contributed by atoms with Crippen LogP contribution in [-0.2, 0) is 11.2 Å². The van der Waals surface area contributed by atoms with Crippen LogP contribution < -0.4 is 0 Å². The molecule has 0 aromatic carbocycles. The monoisotopic (exact) mass is 285 g/mol. The second-order valence-corrected chi connectivity index (χ2v) is 5.47. The number of carboxylic acids is 1. The number of aryl methyl sites for hydroxylation is 1. The number of hydrogen-bond acceptors (Lipinski definition) is 5. The molecule has 1 amide bonds. The lowest BCUT2D eigenvalue weighted by Gasteiger charge is -2.33. The van der Waals surface area contributed by atoms with Gasteiger partial charge in [0.2, 0.25) is 0 Å². The number of amides is 1. The Morgan fingerprint density at radius 3 is 2.47 bits per heavy atom. The molecule has 0 saturated carbocycles. The van der Waals surface area contributed by atoms with E-state index < -0.39 is 11.5 Å². The van der Waals surface area contributed by atoms with E-state index in [4.69, 9.17) is 0 Å². The Hall–Kier alpha value is -1.50. The average molecular weight is 285 g/mol. The zero-order valence-electron chi connectivity index (χ0n) is 11.6. The van der Waals surface area contributed by atoms with Crippen LogP contribution in [0.5, 0.6) is 0 Å². The van der Waals surface area contributed by atoms with Crippen LogP contribution >= 0.6 is 11.5 Å². The molecule has 0 unspecified atom stereocenters. The maximum atomic E-state index is 12.5. The Balaban J connectivity index is 3.09. The second kappa shape index (κ2) is 6.10. The molecule has 0 saturated heterocycles. The van der Waals surface area contributed by atoms with E-state index >= 15 is 0 Å². The summed E-state index contributed by atoms with van der Waals surface area (Å²) >= 11 is 1.02. The highest BCUT2D eigenvalue weighted by Crippen LogP contribution is 2.22. The van der Waals surface area contributed by atoms with E-state index in [2.05, 4.69) is 9.59 Å². The molecule has 1 aromatic heterocycles. The van der Waals surface area contributed by atoms with E-state index in [9.17, 15) is 14.7 Å². The van der Waals surface area contributed by atoms with Gasteiger partial charge in [-0.15, -0.1) is 5.10 Å². The molecule has 0 spiro atoms.